The molecule has 0 saturated carbocycles. The first-order chi connectivity index (χ1) is 7.92. The van der Waals surface area contributed by atoms with E-state index in [1.165, 1.54) is 4.90 Å². The molecule has 0 unspecified atom stereocenters. The van der Waals surface area contributed by atoms with Crippen LogP contribution < -0.4 is 0 Å². The van der Waals surface area contributed by atoms with Crippen molar-refractivity contribution < 1.29 is 19.7 Å². The summed E-state index contributed by atoms with van der Waals surface area (Å²) >= 11 is 0. The highest BCUT2D eigenvalue weighted by Crippen LogP contribution is 2.36. The molecular weight excluding hydrogens is 222 g/mol. The van der Waals surface area contributed by atoms with Gasteiger partial charge in [-0.25, -0.2) is 4.79 Å². The van der Waals surface area contributed by atoms with Crippen LogP contribution in [-0.4, -0.2) is 33.5 Å². The third-order valence-electron chi connectivity index (χ3n) is 2.97. The van der Waals surface area contributed by atoms with Crippen molar-refractivity contribution >= 4 is 6.09 Å². The van der Waals surface area contributed by atoms with Crippen LogP contribution in [0, 0.1) is 0 Å². The maximum atomic E-state index is 11.3. The van der Waals surface area contributed by atoms with Gasteiger partial charge in [0, 0.05) is 0 Å². The Morgan fingerprint density at radius 3 is 2.53 bits per heavy atom. The Morgan fingerprint density at radius 2 is 2.00 bits per heavy atom. The van der Waals surface area contributed by atoms with Crippen LogP contribution in [0.25, 0.3) is 0 Å². The Morgan fingerprint density at radius 1 is 1.41 bits per heavy atom. The van der Waals surface area contributed by atoms with Crippen LogP contribution in [-0.2, 0) is 4.74 Å². The lowest BCUT2D eigenvalue weighted by Crippen LogP contribution is -2.43. The number of hydrogen-bond donors (Lipinski definition) is 2. The largest absolute Gasteiger partial charge is 0.508 e. The first kappa shape index (κ1) is 11.7. The number of amides is 1. The molecule has 17 heavy (non-hydrogen) atoms. The minimum atomic E-state index is -1.01. The number of carboxylic acid groups (broad SMARTS) is 1. The summed E-state index contributed by atoms with van der Waals surface area (Å²) in [6, 6.07) is 6.17. The Hall–Kier alpha value is -1.75. The molecule has 92 valence electrons. The van der Waals surface area contributed by atoms with Crippen molar-refractivity contribution in [3.63, 3.8) is 0 Å². The molecule has 5 nitrogen and oxygen atoms in total. The van der Waals surface area contributed by atoms with Gasteiger partial charge in [-0.15, -0.1) is 0 Å². The van der Waals surface area contributed by atoms with E-state index < -0.39 is 11.8 Å². The van der Waals surface area contributed by atoms with Crippen LogP contribution in [0.1, 0.15) is 25.5 Å². The van der Waals surface area contributed by atoms with Gasteiger partial charge < -0.3 is 14.9 Å². The molecule has 2 N–H and O–H groups in total. The minimum absolute atomic E-state index is 0.161. The zero-order chi connectivity index (χ0) is 12.6. The monoisotopic (exact) mass is 237 g/mol. The van der Waals surface area contributed by atoms with E-state index in [0.29, 0.717) is 6.61 Å². The SMILES string of the molecule is CC1(C)OC[C@H](c2ccc(O)cc2)N1C(=O)O. The molecule has 2 rings (SSSR count). The van der Waals surface area contributed by atoms with Crippen LogP contribution in [0.2, 0.25) is 0 Å². The quantitative estimate of drug-likeness (QED) is 0.785. The van der Waals surface area contributed by atoms with Crippen LogP contribution in [0.3, 0.4) is 0 Å². The lowest BCUT2D eigenvalue weighted by atomic mass is 10.1. The number of rotatable bonds is 1. The van der Waals surface area contributed by atoms with Crippen LogP contribution in [0.4, 0.5) is 4.79 Å². The molecule has 0 aromatic heterocycles. The lowest BCUT2D eigenvalue weighted by molar-refractivity contribution is -0.0420. The number of benzene rings is 1. The van der Waals surface area contributed by atoms with Crippen molar-refractivity contribution in [1.29, 1.82) is 0 Å². The fourth-order valence-corrected chi connectivity index (χ4v) is 2.11. The molecule has 1 fully saturated rings. The standard InChI is InChI=1S/C12H15NO4/c1-12(2)13(11(15)16)10(7-17-12)8-3-5-9(14)6-4-8/h3-6,10,14H,7H2,1-2H3,(H,15,16)/t10-/m1/s1. The predicted molar refractivity (Wildman–Crippen MR) is 60.7 cm³/mol. The molecule has 1 aliphatic heterocycles. The smallest absolute Gasteiger partial charge is 0.410 e. The van der Waals surface area contributed by atoms with E-state index in [1.54, 1.807) is 38.1 Å². The summed E-state index contributed by atoms with van der Waals surface area (Å²) in [5, 5.41) is 18.4. The number of carbonyl (C=O) groups is 1. The molecule has 5 heteroatoms. The Balaban J connectivity index is 2.33. The molecule has 1 aliphatic rings. The van der Waals surface area contributed by atoms with Gasteiger partial charge in [0.2, 0.25) is 0 Å². The molecular formula is C12H15NO4. The van der Waals surface area contributed by atoms with Gasteiger partial charge in [-0.1, -0.05) is 12.1 Å². The summed E-state index contributed by atoms with van der Waals surface area (Å²) < 4.78 is 5.49. The van der Waals surface area contributed by atoms with Crippen LogP contribution >= 0.6 is 0 Å². The Labute approximate surface area is 99.2 Å². The molecule has 0 radical (unpaired) electrons. The maximum absolute atomic E-state index is 11.3. The van der Waals surface area contributed by atoms with E-state index >= 15 is 0 Å². The second kappa shape index (κ2) is 3.92. The third-order valence-corrected chi connectivity index (χ3v) is 2.97. The number of ether oxygens (including phenoxy) is 1. The lowest BCUT2D eigenvalue weighted by Gasteiger charge is -2.31. The summed E-state index contributed by atoms with van der Waals surface area (Å²) in [5.41, 5.74) is -0.00948. The minimum Gasteiger partial charge on any atom is -0.508 e. The van der Waals surface area contributed by atoms with E-state index in [1.807, 2.05) is 0 Å². The number of nitrogens with zero attached hydrogens (tertiary/aromatic N) is 1. The maximum Gasteiger partial charge on any atom is 0.410 e. The summed E-state index contributed by atoms with van der Waals surface area (Å²) in [6.07, 6.45) is -1.01. The van der Waals surface area contributed by atoms with Gasteiger partial charge in [0.15, 0.2) is 0 Å². The summed E-state index contributed by atoms with van der Waals surface area (Å²) in [7, 11) is 0. The van der Waals surface area contributed by atoms with Crippen molar-refractivity contribution in [3.8, 4) is 5.75 Å². The number of phenolic OH excluding ortho intramolecular Hbond substituents is 1. The molecule has 1 aromatic carbocycles. The van der Waals surface area contributed by atoms with Gasteiger partial charge in [0.1, 0.15) is 11.5 Å². The summed E-state index contributed by atoms with van der Waals surface area (Å²) in [6.45, 7) is 3.77. The van der Waals surface area contributed by atoms with E-state index in [0.717, 1.165) is 5.56 Å². The van der Waals surface area contributed by atoms with Gasteiger partial charge in [-0.2, -0.15) is 0 Å². The molecule has 1 saturated heterocycles. The zero-order valence-corrected chi connectivity index (χ0v) is 9.75. The van der Waals surface area contributed by atoms with Gasteiger partial charge in [-0.05, 0) is 31.5 Å². The fraction of sp³-hybridized carbons (Fsp3) is 0.417. The Kier molecular flexibility index (Phi) is 2.71. The second-order valence-electron chi connectivity index (χ2n) is 4.52. The van der Waals surface area contributed by atoms with Gasteiger partial charge in [0.25, 0.3) is 0 Å². The first-order valence-corrected chi connectivity index (χ1v) is 5.37. The van der Waals surface area contributed by atoms with Crippen LogP contribution in [0.5, 0.6) is 5.75 Å². The van der Waals surface area contributed by atoms with E-state index in [4.69, 9.17) is 4.74 Å². The topological polar surface area (TPSA) is 70.0 Å². The normalized spacial score (nSPS) is 22.7. The van der Waals surface area contributed by atoms with E-state index in [2.05, 4.69) is 0 Å². The van der Waals surface area contributed by atoms with Gasteiger partial charge in [-0.3, -0.25) is 4.90 Å². The van der Waals surface area contributed by atoms with Crippen molar-refractivity contribution in [3.05, 3.63) is 29.8 Å². The van der Waals surface area contributed by atoms with E-state index in [-0.39, 0.29) is 11.8 Å². The first-order valence-electron chi connectivity index (χ1n) is 5.37. The Bertz CT molecular complexity index is 427. The highest BCUT2D eigenvalue weighted by atomic mass is 16.5. The van der Waals surface area contributed by atoms with Gasteiger partial charge in [0.05, 0.1) is 12.6 Å². The zero-order valence-electron chi connectivity index (χ0n) is 9.75. The van der Waals surface area contributed by atoms with E-state index in [9.17, 15) is 15.0 Å². The second-order valence-corrected chi connectivity index (χ2v) is 4.52. The predicted octanol–water partition coefficient (Wildman–Crippen LogP) is 2.18. The van der Waals surface area contributed by atoms with Crippen molar-refractivity contribution in [1.82, 2.24) is 4.90 Å². The van der Waals surface area contributed by atoms with Crippen LogP contribution in [0.15, 0.2) is 24.3 Å². The molecule has 0 bridgehead atoms. The van der Waals surface area contributed by atoms with Crippen molar-refractivity contribution in [2.24, 2.45) is 0 Å². The van der Waals surface area contributed by atoms with Gasteiger partial charge >= 0.3 is 6.09 Å². The fourth-order valence-electron chi connectivity index (χ4n) is 2.11. The molecule has 1 heterocycles. The average molecular weight is 237 g/mol. The number of aromatic hydroxyl groups is 1. The summed E-state index contributed by atoms with van der Waals surface area (Å²) in [4.78, 5) is 12.6. The van der Waals surface area contributed by atoms with Crippen molar-refractivity contribution in [2.75, 3.05) is 6.61 Å². The number of phenols is 1. The summed E-state index contributed by atoms with van der Waals surface area (Å²) in [5.74, 6) is 0.161. The third kappa shape index (κ3) is 2.06. The van der Waals surface area contributed by atoms with Crippen molar-refractivity contribution in [2.45, 2.75) is 25.6 Å². The molecule has 1 amide bonds. The number of hydrogen-bond acceptors (Lipinski definition) is 3. The molecule has 0 aliphatic carbocycles. The molecule has 1 atom stereocenters. The highest BCUT2D eigenvalue weighted by molar-refractivity contribution is 5.67. The molecule has 0 spiro atoms. The molecule has 1 aromatic rings. The average Bonchev–Trinajstić information content (AvgIpc) is 2.55. The highest BCUT2D eigenvalue weighted by Gasteiger charge is 2.44.